The van der Waals surface area contributed by atoms with Gasteiger partial charge >= 0.3 is 18.1 Å². The first-order valence-corrected chi connectivity index (χ1v) is 7.21. The van der Waals surface area contributed by atoms with Crippen LogP contribution in [0.3, 0.4) is 0 Å². The lowest BCUT2D eigenvalue weighted by Crippen LogP contribution is -2.24. The zero-order valence-electron chi connectivity index (χ0n) is 12.2. The number of H-pyrrole nitrogens is 1. The van der Waals surface area contributed by atoms with Crippen molar-refractivity contribution in [1.82, 2.24) is 4.98 Å². The first-order valence-electron chi connectivity index (χ1n) is 6.45. The number of nitrogen functional groups attached to an aromatic ring is 1. The number of hydrogen-bond donors (Lipinski definition) is 4. The van der Waals surface area contributed by atoms with Crippen LogP contribution >= 0.6 is 23.2 Å². The van der Waals surface area contributed by atoms with Crippen LogP contribution in [-0.2, 0) is 6.18 Å². The minimum Gasteiger partial charge on any atom is -0.478 e. The molecule has 0 atom stereocenters. The van der Waals surface area contributed by atoms with E-state index in [4.69, 9.17) is 28.9 Å². The molecule has 0 bridgehead atoms. The second-order valence-electron chi connectivity index (χ2n) is 4.88. The van der Waals surface area contributed by atoms with Gasteiger partial charge in [-0.25, -0.2) is 9.59 Å². The number of carboxylic acid groups (broad SMARTS) is 2. The third-order valence-corrected chi connectivity index (χ3v) is 4.03. The molecule has 1 aromatic heterocycles. The van der Waals surface area contributed by atoms with Crippen LogP contribution in [0, 0.1) is 0 Å². The molecule has 138 valence electrons. The molecule has 1 heterocycles. The van der Waals surface area contributed by atoms with E-state index in [1.54, 1.807) is 0 Å². The second-order valence-corrected chi connectivity index (χ2v) is 5.67. The lowest BCUT2D eigenvalue weighted by Gasteiger charge is -2.17. The highest BCUT2D eigenvalue weighted by atomic mass is 35.5. The Balaban J connectivity index is 3.14. The van der Waals surface area contributed by atoms with Gasteiger partial charge in [-0.1, -0.05) is 23.2 Å². The van der Waals surface area contributed by atoms with Crippen molar-refractivity contribution in [2.24, 2.45) is 0 Å². The summed E-state index contributed by atoms with van der Waals surface area (Å²) in [5.41, 5.74) is -1.14. The van der Waals surface area contributed by atoms with Gasteiger partial charge in [0.25, 0.3) is 5.56 Å². The fourth-order valence-corrected chi connectivity index (χ4v) is 2.96. The van der Waals surface area contributed by atoms with Crippen molar-refractivity contribution in [3.63, 3.8) is 0 Å². The number of alkyl halides is 3. The Bertz CT molecular complexity index is 1000. The van der Waals surface area contributed by atoms with E-state index >= 15 is 0 Å². The van der Waals surface area contributed by atoms with Crippen LogP contribution in [-0.4, -0.2) is 27.1 Å². The monoisotopic (exact) mass is 410 g/mol. The summed E-state index contributed by atoms with van der Waals surface area (Å²) < 4.78 is 39.3. The number of nitrogens with two attached hydrogens (primary N) is 1. The Hall–Kier alpha value is -2.72. The number of aromatic amines is 1. The minimum atomic E-state index is -4.95. The summed E-state index contributed by atoms with van der Waals surface area (Å²) in [5.74, 6) is -4.49. The van der Waals surface area contributed by atoms with Gasteiger partial charge in [0, 0.05) is 16.1 Å². The number of anilines is 1. The predicted molar refractivity (Wildman–Crippen MR) is 85.9 cm³/mol. The highest BCUT2D eigenvalue weighted by Crippen LogP contribution is 2.45. The highest BCUT2D eigenvalue weighted by molar-refractivity contribution is 6.40. The second kappa shape index (κ2) is 6.54. The van der Waals surface area contributed by atoms with Crippen LogP contribution in [0.25, 0.3) is 11.1 Å². The lowest BCUT2D eigenvalue weighted by molar-refractivity contribution is -0.137. The van der Waals surface area contributed by atoms with E-state index in [9.17, 15) is 37.8 Å². The van der Waals surface area contributed by atoms with Crippen molar-refractivity contribution in [2.75, 3.05) is 5.73 Å². The maximum Gasteiger partial charge on any atom is 0.417 e. The molecule has 26 heavy (non-hydrogen) atoms. The van der Waals surface area contributed by atoms with Crippen molar-refractivity contribution in [3.05, 3.63) is 49.2 Å². The summed E-state index contributed by atoms with van der Waals surface area (Å²) in [6.07, 6.45) is -4.95. The van der Waals surface area contributed by atoms with Crippen molar-refractivity contribution in [3.8, 4) is 11.1 Å². The molecule has 0 aliphatic rings. The van der Waals surface area contributed by atoms with Crippen LogP contribution in [0.2, 0.25) is 10.0 Å². The molecular formula is C14H7Cl2F3N2O5. The standard InChI is InChI=1S/C14H7Cl2F3N2O5/c15-4-2-1-3(14(17,18)19)9(16)5(4)6-7(12(23)24)10(20)21-11(22)8(6)13(25)26/h1-2H,(H,23,24)(H,25,26)(H3,20,21,22). The molecule has 5 N–H and O–H groups in total. The predicted octanol–water partition coefficient (Wildman–Crippen LogP) is 3.35. The number of aromatic carboxylic acids is 2. The van der Waals surface area contributed by atoms with Gasteiger partial charge in [-0.15, -0.1) is 0 Å². The number of pyridine rings is 1. The average molecular weight is 411 g/mol. The fraction of sp³-hybridized carbons (Fsp3) is 0.0714. The van der Waals surface area contributed by atoms with Crippen LogP contribution in [0.15, 0.2) is 16.9 Å². The topological polar surface area (TPSA) is 133 Å². The smallest absolute Gasteiger partial charge is 0.417 e. The summed E-state index contributed by atoms with van der Waals surface area (Å²) in [6.45, 7) is 0. The van der Waals surface area contributed by atoms with Crippen LogP contribution in [0.5, 0.6) is 0 Å². The molecule has 0 fully saturated rings. The number of benzene rings is 1. The van der Waals surface area contributed by atoms with E-state index in [1.165, 1.54) is 0 Å². The molecule has 2 rings (SSSR count). The zero-order chi connectivity index (χ0) is 20.0. The maximum atomic E-state index is 13.1. The van der Waals surface area contributed by atoms with Crippen LogP contribution in [0.4, 0.5) is 19.0 Å². The van der Waals surface area contributed by atoms with Gasteiger partial charge in [0.2, 0.25) is 0 Å². The van der Waals surface area contributed by atoms with E-state index < -0.39 is 67.4 Å². The van der Waals surface area contributed by atoms with Gasteiger partial charge < -0.3 is 20.9 Å². The summed E-state index contributed by atoms with van der Waals surface area (Å²) in [5, 5.41) is 17.0. The molecule has 0 spiro atoms. The molecule has 0 radical (unpaired) electrons. The first-order chi connectivity index (χ1) is 11.9. The lowest BCUT2D eigenvalue weighted by atomic mass is 9.94. The van der Waals surface area contributed by atoms with Gasteiger partial charge in [-0.05, 0) is 12.1 Å². The first kappa shape index (κ1) is 19.6. The number of carbonyl (C=O) groups is 2. The van der Waals surface area contributed by atoms with Gasteiger partial charge in [0.1, 0.15) is 16.9 Å². The molecule has 0 saturated heterocycles. The van der Waals surface area contributed by atoms with E-state index in [0.29, 0.717) is 6.07 Å². The van der Waals surface area contributed by atoms with Crippen LogP contribution in [0.1, 0.15) is 26.3 Å². The normalized spacial score (nSPS) is 11.4. The number of carboxylic acids is 2. The van der Waals surface area contributed by atoms with E-state index in [2.05, 4.69) is 0 Å². The van der Waals surface area contributed by atoms with Crippen LogP contribution < -0.4 is 11.3 Å². The molecule has 0 saturated carbocycles. The molecule has 0 aliphatic carbocycles. The summed E-state index contributed by atoms with van der Waals surface area (Å²) in [4.78, 5) is 36.7. The van der Waals surface area contributed by atoms with Gasteiger partial charge in [-0.2, -0.15) is 13.2 Å². The Morgan fingerprint density at radius 2 is 1.58 bits per heavy atom. The number of nitrogens with one attached hydrogen (secondary N) is 1. The Morgan fingerprint density at radius 3 is 2.04 bits per heavy atom. The molecular weight excluding hydrogens is 404 g/mol. The Morgan fingerprint density at radius 1 is 1.04 bits per heavy atom. The van der Waals surface area contributed by atoms with E-state index in [0.717, 1.165) is 6.07 Å². The molecule has 12 heteroatoms. The number of rotatable bonds is 3. The number of aromatic nitrogens is 1. The SMILES string of the molecule is Nc1[nH]c(=O)c(C(=O)O)c(-c2c(Cl)ccc(C(F)(F)F)c2Cl)c1C(=O)O. The minimum absolute atomic E-state index is 0.502. The van der Waals surface area contributed by atoms with Crippen molar-refractivity contribution < 1.29 is 33.0 Å². The van der Waals surface area contributed by atoms with Crippen molar-refractivity contribution in [2.45, 2.75) is 6.18 Å². The van der Waals surface area contributed by atoms with E-state index in [-0.39, 0.29) is 0 Å². The molecule has 0 unspecified atom stereocenters. The quantitative estimate of drug-likeness (QED) is 0.612. The molecule has 0 amide bonds. The Labute approximate surface area is 151 Å². The largest absolute Gasteiger partial charge is 0.478 e. The fourth-order valence-electron chi connectivity index (χ4n) is 2.30. The molecule has 7 nitrogen and oxygen atoms in total. The van der Waals surface area contributed by atoms with Gasteiger partial charge in [0.05, 0.1) is 10.6 Å². The van der Waals surface area contributed by atoms with Gasteiger partial charge in [0.15, 0.2) is 0 Å². The third kappa shape index (κ3) is 3.20. The van der Waals surface area contributed by atoms with Crippen molar-refractivity contribution in [1.29, 1.82) is 0 Å². The molecule has 1 aromatic carbocycles. The Kier molecular flexibility index (Phi) is 4.93. The summed E-state index contributed by atoms with van der Waals surface area (Å²) in [7, 11) is 0. The average Bonchev–Trinajstić information content (AvgIpc) is 2.44. The highest BCUT2D eigenvalue weighted by Gasteiger charge is 2.37. The third-order valence-electron chi connectivity index (χ3n) is 3.32. The van der Waals surface area contributed by atoms with E-state index in [1.807, 2.05) is 4.98 Å². The molecule has 0 aliphatic heterocycles. The zero-order valence-corrected chi connectivity index (χ0v) is 13.8. The van der Waals surface area contributed by atoms with Crippen molar-refractivity contribution >= 4 is 41.0 Å². The summed E-state index contributed by atoms with van der Waals surface area (Å²) >= 11 is 11.6. The number of halogens is 5. The van der Waals surface area contributed by atoms with Gasteiger partial charge in [-0.3, -0.25) is 4.79 Å². The molecule has 2 aromatic rings. The summed E-state index contributed by atoms with van der Waals surface area (Å²) in [6, 6.07) is 1.28. The number of hydrogen-bond acceptors (Lipinski definition) is 4. The maximum absolute atomic E-state index is 13.1.